The Morgan fingerprint density at radius 3 is 1.40 bits per heavy atom. The molecule has 3 aromatic heterocycles. The van der Waals surface area contributed by atoms with Gasteiger partial charge in [0, 0.05) is 137 Å². The highest BCUT2D eigenvalue weighted by Gasteiger charge is 2.44. The third-order valence-corrected chi connectivity index (χ3v) is 20.2. The smallest absolute Gasteiger partial charge is 0.410 e. The maximum Gasteiger partial charge on any atom is 0.410 e. The van der Waals surface area contributed by atoms with E-state index in [-0.39, 0.29) is 48.2 Å². The molecule has 9 heterocycles. The lowest BCUT2D eigenvalue weighted by Gasteiger charge is -2.39. The molecule has 6 aliphatic heterocycles. The number of aromatic nitrogens is 3. The lowest BCUT2D eigenvalue weighted by atomic mass is 9.77. The fourth-order valence-corrected chi connectivity index (χ4v) is 14.5. The van der Waals surface area contributed by atoms with Crippen LogP contribution >= 0.6 is 28.3 Å². The number of nitrogens with two attached hydrogens (primary N) is 1. The SMILES string of the molecule is Brc1ccncc1.CC(C)(C)OC(=O)N1CCC2(CC1)CCN(c1ccncc1)C2.CC(C)(C)OC(=O)N1CCC2(CCNC2)CC1.CC(C)(C)OC(=O)NC1CCc2ccc(C(=O)N3CCC4(CC3)CCN(c3ccncc3)C4)cc21.Cl.NC1CCc2ccc(C(=O)O)cc21. The summed E-state index contributed by atoms with van der Waals surface area (Å²) >= 11 is 3.27. The molecule has 22 heteroatoms. The number of nitrogens with one attached hydrogen (secondary N) is 2. The van der Waals surface area contributed by atoms with Crippen molar-refractivity contribution in [2.75, 3.05) is 88.3 Å². The van der Waals surface area contributed by atoms with Gasteiger partial charge >= 0.3 is 24.2 Å². The number of anilines is 2. The third kappa shape index (κ3) is 21.0. The van der Waals surface area contributed by atoms with Crippen molar-refractivity contribution in [3.8, 4) is 0 Å². The van der Waals surface area contributed by atoms with Gasteiger partial charge < -0.3 is 60.2 Å². The van der Waals surface area contributed by atoms with Crippen molar-refractivity contribution >= 4 is 69.9 Å². The number of carboxylic acid groups (broad SMARTS) is 1. The number of hydrogen-bond donors (Lipinski definition) is 4. The van der Waals surface area contributed by atoms with Crippen LogP contribution in [0.2, 0.25) is 0 Å². The van der Waals surface area contributed by atoms with E-state index in [0.29, 0.717) is 27.4 Å². The van der Waals surface area contributed by atoms with Gasteiger partial charge in [0.15, 0.2) is 0 Å². The van der Waals surface area contributed by atoms with Crippen molar-refractivity contribution in [2.45, 2.75) is 175 Å². The van der Waals surface area contributed by atoms with Crippen LogP contribution in [0, 0.1) is 16.2 Å². The number of hydrogen-bond acceptors (Lipinski definition) is 15. The molecule has 8 aliphatic rings. The number of piperidine rings is 3. The molecule has 4 amide bonds. The fourth-order valence-electron chi connectivity index (χ4n) is 14.2. The molecular weight excluding hydrogens is 1300 g/mol. The van der Waals surface area contributed by atoms with Gasteiger partial charge in [-0.25, -0.2) is 19.2 Å². The Morgan fingerprint density at radius 1 is 0.542 bits per heavy atom. The molecule has 6 fully saturated rings. The van der Waals surface area contributed by atoms with E-state index in [0.717, 1.165) is 158 Å². The summed E-state index contributed by atoms with van der Waals surface area (Å²) in [4.78, 5) is 83.2. The Morgan fingerprint density at radius 2 is 0.958 bits per heavy atom. The molecule has 0 radical (unpaired) electrons. The van der Waals surface area contributed by atoms with Gasteiger partial charge in [-0.15, -0.1) is 12.4 Å². The van der Waals surface area contributed by atoms with Crippen LogP contribution in [-0.2, 0) is 27.1 Å². The first-order valence-corrected chi connectivity index (χ1v) is 34.9. The highest BCUT2D eigenvalue weighted by atomic mass is 79.9. The van der Waals surface area contributed by atoms with Gasteiger partial charge in [-0.1, -0.05) is 28.1 Å². The van der Waals surface area contributed by atoms with E-state index in [4.69, 9.17) is 25.1 Å². The number of aromatic carboxylic acids is 1. The lowest BCUT2D eigenvalue weighted by molar-refractivity contribution is 0.0110. The van der Waals surface area contributed by atoms with E-state index in [9.17, 15) is 24.0 Å². The number of halogens is 2. The maximum atomic E-state index is 13.4. The summed E-state index contributed by atoms with van der Waals surface area (Å²) in [5.74, 6) is -0.795. The predicted octanol–water partition coefficient (Wildman–Crippen LogP) is 13.6. The maximum absolute atomic E-state index is 13.4. The number of aryl methyl sites for hydroxylation is 2. The van der Waals surface area contributed by atoms with Crippen molar-refractivity contribution in [2.24, 2.45) is 22.0 Å². The summed E-state index contributed by atoms with van der Waals surface area (Å²) in [7, 11) is 0. The van der Waals surface area contributed by atoms with E-state index >= 15 is 0 Å². The van der Waals surface area contributed by atoms with Crippen molar-refractivity contribution < 1.29 is 43.3 Å². The highest BCUT2D eigenvalue weighted by Crippen LogP contribution is 2.44. The van der Waals surface area contributed by atoms with Gasteiger partial charge in [-0.2, -0.15) is 0 Å². The first-order chi connectivity index (χ1) is 45.1. The van der Waals surface area contributed by atoms with Gasteiger partial charge in [-0.3, -0.25) is 19.7 Å². The van der Waals surface area contributed by atoms with Gasteiger partial charge in [0.05, 0.1) is 11.6 Å². The molecular formula is C74H103BrClN11O9. The first kappa shape index (κ1) is 74.7. The number of amides is 4. The summed E-state index contributed by atoms with van der Waals surface area (Å²) in [6.07, 6.45) is 23.8. The number of benzene rings is 2. The number of likely N-dealkylation sites (tertiary alicyclic amines) is 3. The second-order valence-corrected chi connectivity index (χ2v) is 31.0. The van der Waals surface area contributed by atoms with E-state index in [1.54, 1.807) is 24.5 Å². The topological polar surface area (TPSA) is 238 Å². The molecule has 20 nitrogen and oxygen atoms in total. The number of ether oxygens (including phenoxy) is 3. The van der Waals surface area contributed by atoms with Crippen LogP contribution < -0.4 is 26.2 Å². The number of rotatable bonds is 5. The summed E-state index contributed by atoms with van der Waals surface area (Å²) < 4.78 is 17.4. The van der Waals surface area contributed by atoms with Crippen molar-refractivity contribution in [3.63, 3.8) is 0 Å². The molecule has 13 rings (SSSR count). The van der Waals surface area contributed by atoms with Crippen LogP contribution in [0.1, 0.15) is 188 Å². The molecule has 96 heavy (non-hydrogen) atoms. The van der Waals surface area contributed by atoms with E-state index in [1.807, 2.05) is 138 Å². The summed E-state index contributed by atoms with van der Waals surface area (Å²) in [5, 5.41) is 15.2. The second kappa shape index (κ2) is 32.5. The van der Waals surface area contributed by atoms with Crippen molar-refractivity contribution in [1.29, 1.82) is 0 Å². The number of carbonyl (C=O) groups excluding carboxylic acids is 4. The molecule has 5 N–H and O–H groups in total. The number of alkyl carbamates (subject to hydrolysis) is 1. The molecule has 3 spiro atoms. The minimum atomic E-state index is -0.887. The van der Waals surface area contributed by atoms with Crippen LogP contribution in [0.3, 0.4) is 0 Å². The molecule has 2 aromatic carbocycles. The van der Waals surface area contributed by atoms with Gasteiger partial charge in [0.25, 0.3) is 5.91 Å². The molecule has 522 valence electrons. The van der Waals surface area contributed by atoms with Gasteiger partial charge in [0.2, 0.25) is 0 Å². The third-order valence-electron chi connectivity index (χ3n) is 19.6. The molecule has 6 saturated heterocycles. The lowest BCUT2D eigenvalue weighted by Crippen LogP contribution is -2.46. The van der Waals surface area contributed by atoms with Gasteiger partial charge in [0.1, 0.15) is 16.8 Å². The van der Waals surface area contributed by atoms with Crippen molar-refractivity contribution in [1.82, 2.24) is 40.3 Å². The number of carboxylic acids is 1. The zero-order valence-corrected chi connectivity index (χ0v) is 60.3. The van der Waals surface area contributed by atoms with Crippen LogP contribution in [-0.4, -0.2) is 160 Å². The Kier molecular flexibility index (Phi) is 25.3. The molecule has 2 aliphatic carbocycles. The monoisotopic (exact) mass is 1400 g/mol. The van der Waals surface area contributed by atoms with Crippen LogP contribution in [0.5, 0.6) is 0 Å². The van der Waals surface area contributed by atoms with Gasteiger partial charge in [-0.05, 0) is 251 Å². The molecule has 2 atom stereocenters. The highest BCUT2D eigenvalue weighted by molar-refractivity contribution is 9.10. The van der Waals surface area contributed by atoms with Crippen LogP contribution in [0.15, 0.2) is 114 Å². The normalized spacial score (nSPS) is 20.3. The van der Waals surface area contributed by atoms with Crippen LogP contribution in [0.25, 0.3) is 0 Å². The molecule has 5 aromatic rings. The Bertz CT molecular complexity index is 3370. The molecule has 2 unspecified atom stereocenters. The summed E-state index contributed by atoms with van der Waals surface area (Å²) in [6.45, 7) is 28.5. The van der Waals surface area contributed by atoms with Crippen molar-refractivity contribution in [3.05, 3.63) is 148 Å². The number of carbonyl (C=O) groups is 5. The average molecular weight is 1410 g/mol. The van der Waals surface area contributed by atoms with E-state index < -0.39 is 23.3 Å². The minimum absolute atomic E-state index is 0. The number of nitrogens with zero attached hydrogens (tertiary/aromatic N) is 8. The largest absolute Gasteiger partial charge is 0.478 e. The van der Waals surface area contributed by atoms with Crippen LogP contribution in [0.4, 0.5) is 25.8 Å². The second-order valence-electron chi connectivity index (χ2n) is 30.1. The van der Waals surface area contributed by atoms with E-state index in [2.05, 4.69) is 75.6 Å². The quantitative estimate of drug-likeness (QED) is 0.120. The first-order valence-electron chi connectivity index (χ1n) is 34.1. The molecule has 0 bridgehead atoms. The summed E-state index contributed by atoms with van der Waals surface area (Å²) in [6, 6.07) is 23.2. The Balaban J connectivity index is 0.000000167. The Labute approximate surface area is 583 Å². The fraction of sp³-hybridized carbons (Fsp3) is 0.568. The number of fused-ring (bicyclic) bond motifs is 2. The zero-order chi connectivity index (χ0) is 68.2. The average Bonchev–Trinajstić information content (AvgIpc) is 1.66. The predicted molar refractivity (Wildman–Crippen MR) is 381 cm³/mol. The van der Waals surface area contributed by atoms with E-state index in [1.165, 1.54) is 41.8 Å². The standard InChI is InChI=1S/C28H36N4O3.C18H27N3O2.C13H24N2O2.C10H11NO2.C5H4BrN.ClH/c1-27(2,3)35-26(34)30-24-7-6-20-4-5-21(18-23(20)24)25(33)31-15-10-28(11-16-31)12-17-32(19-28)22-8-13-29-14-9-22;1-17(2,3)23-16(22)20-11-6-18(7-12-20)8-13-21(14-18)15-4-9-19-10-5-15;1-12(2,3)17-11(16)15-8-5-13(6-9-15)4-7-14-10-13;11-9-4-3-6-1-2-7(10(12)13)5-8(6)9;6-5-1-3-7-4-2-5;/h4-5,8-9,13-14,18,24H,6-7,10-12,15-17,19H2,1-3H3,(H,30,34);4-5,9-10H,6-8,11-14H2,1-3H3;14H,4-10H2,1-3H3;1-2,5,9H,3-4,11H2,(H,12,13);1-4H;1H. The molecule has 0 saturated carbocycles. The minimum Gasteiger partial charge on any atom is -0.478 e. The Hall–Kier alpha value is -7.07. The summed E-state index contributed by atoms with van der Waals surface area (Å²) in [5.41, 5.74) is 13.5. The zero-order valence-electron chi connectivity index (χ0n) is 57.9. The number of pyridine rings is 3.